The van der Waals surface area contributed by atoms with E-state index < -0.39 is 0 Å². The van der Waals surface area contributed by atoms with E-state index in [1.54, 1.807) is 18.2 Å². The molecule has 3 rings (SSSR count). The molecule has 0 atom stereocenters. The van der Waals surface area contributed by atoms with Crippen molar-refractivity contribution in [3.63, 3.8) is 0 Å². The van der Waals surface area contributed by atoms with Crippen LogP contribution in [0, 0.1) is 0 Å². The van der Waals surface area contributed by atoms with Crippen molar-refractivity contribution in [2.24, 2.45) is 0 Å². The number of hydrogen-bond donors (Lipinski definition) is 1. The summed E-state index contributed by atoms with van der Waals surface area (Å²) in [7, 11) is 0. The van der Waals surface area contributed by atoms with Gasteiger partial charge in [-0.15, -0.1) is 0 Å². The number of rotatable bonds is 6. The fourth-order valence-corrected chi connectivity index (χ4v) is 2.60. The number of nitrogens with zero attached hydrogens (tertiary/aromatic N) is 2. The Labute approximate surface area is 139 Å². The molecule has 1 aromatic heterocycles. The van der Waals surface area contributed by atoms with Crippen molar-refractivity contribution in [3.05, 3.63) is 63.0 Å². The molecule has 1 aromatic carbocycles. The van der Waals surface area contributed by atoms with E-state index in [1.165, 1.54) is 4.68 Å². The van der Waals surface area contributed by atoms with E-state index in [1.807, 2.05) is 18.2 Å². The highest BCUT2D eigenvalue weighted by atomic mass is 35.5. The van der Waals surface area contributed by atoms with Crippen molar-refractivity contribution in [2.45, 2.75) is 31.7 Å². The van der Waals surface area contributed by atoms with Crippen LogP contribution in [-0.4, -0.2) is 22.2 Å². The van der Waals surface area contributed by atoms with Gasteiger partial charge in [0.15, 0.2) is 0 Å². The van der Waals surface area contributed by atoms with Crippen molar-refractivity contribution >= 4 is 17.5 Å². The minimum Gasteiger partial charge on any atom is -0.354 e. The summed E-state index contributed by atoms with van der Waals surface area (Å²) in [5.41, 5.74) is 1.61. The van der Waals surface area contributed by atoms with Gasteiger partial charge in [-0.2, -0.15) is 5.10 Å². The molecule has 0 aliphatic heterocycles. The molecule has 0 radical (unpaired) electrons. The zero-order chi connectivity index (χ0) is 16.2. The molecule has 1 fully saturated rings. The fraction of sp³-hybridized carbons (Fsp3) is 0.353. The molecular weight excluding hydrogens is 314 g/mol. The van der Waals surface area contributed by atoms with Gasteiger partial charge in [0.25, 0.3) is 5.56 Å². The molecule has 120 valence electrons. The van der Waals surface area contributed by atoms with Crippen LogP contribution >= 0.6 is 11.6 Å². The van der Waals surface area contributed by atoms with Gasteiger partial charge in [-0.3, -0.25) is 9.59 Å². The average Bonchev–Trinajstić information content (AvgIpc) is 3.36. The zero-order valence-electron chi connectivity index (χ0n) is 12.7. The first-order valence-electron chi connectivity index (χ1n) is 7.71. The maximum atomic E-state index is 11.9. The van der Waals surface area contributed by atoms with Crippen molar-refractivity contribution in [1.29, 1.82) is 0 Å². The maximum Gasteiger partial charge on any atom is 0.266 e. The van der Waals surface area contributed by atoms with Crippen LogP contribution in [0.4, 0.5) is 0 Å². The summed E-state index contributed by atoms with van der Waals surface area (Å²) in [6, 6.07) is 10.6. The molecular formula is C17H18ClN3O2. The second-order valence-corrected chi connectivity index (χ2v) is 6.12. The molecule has 2 aromatic rings. The Morgan fingerprint density at radius 3 is 2.78 bits per heavy atom. The molecule has 1 aliphatic carbocycles. The second-order valence-electron chi connectivity index (χ2n) is 5.71. The summed E-state index contributed by atoms with van der Waals surface area (Å²) in [5.74, 6) is 0.376. The number of aromatic nitrogens is 2. The van der Waals surface area contributed by atoms with E-state index in [2.05, 4.69) is 10.4 Å². The molecule has 1 aliphatic rings. The lowest BCUT2D eigenvalue weighted by Crippen LogP contribution is -2.32. The van der Waals surface area contributed by atoms with Gasteiger partial charge in [0.05, 0.1) is 18.7 Å². The fourth-order valence-electron chi connectivity index (χ4n) is 2.40. The van der Waals surface area contributed by atoms with Crippen LogP contribution in [0.3, 0.4) is 0 Å². The smallest absolute Gasteiger partial charge is 0.266 e. The number of nitrogens with one attached hydrogen (secondary N) is 1. The summed E-state index contributed by atoms with van der Waals surface area (Å²) >= 11 is 6.04. The van der Waals surface area contributed by atoms with Gasteiger partial charge in [0, 0.05) is 23.6 Å². The summed E-state index contributed by atoms with van der Waals surface area (Å²) in [5, 5.41) is 7.74. The Morgan fingerprint density at radius 2 is 2.04 bits per heavy atom. The Morgan fingerprint density at radius 1 is 1.26 bits per heavy atom. The van der Waals surface area contributed by atoms with Gasteiger partial charge in [-0.25, -0.2) is 4.68 Å². The number of carbonyl (C=O) groups excluding carboxylic acids is 1. The highest BCUT2D eigenvalue weighted by Crippen LogP contribution is 2.38. The molecule has 1 saturated carbocycles. The third-order valence-corrected chi connectivity index (χ3v) is 4.21. The average molecular weight is 332 g/mol. The van der Waals surface area contributed by atoms with Gasteiger partial charge >= 0.3 is 0 Å². The number of halogens is 1. The topological polar surface area (TPSA) is 64.0 Å². The van der Waals surface area contributed by atoms with Gasteiger partial charge in [0.1, 0.15) is 0 Å². The van der Waals surface area contributed by atoms with Gasteiger partial charge in [-0.1, -0.05) is 29.8 Å². The van der Waals surface area contributed by atoms with Crippen LogP contribution in [0.25, 0.3) is 0 Å². The number of hydrogen-bond acceptors (Lipinski definition) is 3. The maximum absolute atomic E-state index is 11.9. The van der Waals surface area contributed by atoms with Crippen molar-refractivity contribution < 1.29 is 4.79 Å². The van der Waals surface area contributed by atoms with E-state index >= 15 is 0 Å². The molecule has 1 amide bonds. The molecule has 5 nitrogen and oxygen atoms in total. The largest absolute Gasteiger partial charge is 0.354 e. The van der Waals surface area contributed by atoms with Crippen LogP contribution in [0.5, 0.6) is 0 Å². The predicted molar refractivity (Wildman–Crippen MR) is 88.6 cm³/mol. The molecule has 23 heavy (non-hydrogen) atoms. The van der Waals surface area contributed by atoms with E-state index in [4.69, 9.17) is 11.6 Å². The lowest BCUT2D eigenvalue weighted by atomic mass is 10.1. The Balaban J connectivity index is 1.53. The van der Waals surface area contributed by atoms with Crippen LogP contribution < -0.4 is 10.9 Å². The molecule has 0 bridgehead atoms. The van der Waals surface area contributed by atoms with Crippen LogP contribution in [0.15, 0.2) is 41.2 Å². The highest BCUT2D eigenvalue weighted by molar-refractivity contribution is 6.31. The van der Waals surface area contributed by atoms with E-state index in [0.29, 0.717) is 24.0 Å². The minimum atomic E-state index is -0.144. The first-order valence-corrected chi connectivity index (χ1v) is 8.09. The zero-order valence-corrected chi connectivity index (χ0v) is 13.4. The molecule has 6 heteroatoms. The first-order chi connectivity index (χ1) is 11.1. The Kier molecular flexibility index (Phi) is 4.76. The summed E-state index contributed by atoms with van der Waals surface area (Å²) in [6.45, 7) is 0.734. The minimum absolute atomic E-state index is 0.121. The van der Waals surface area contributed by atoms with Crippen molar-refractivity contribution in [2.75, 3.05) is 6.54 Å². The van der Waals surface area contributed by atoms with E-state index in [-0.39, 0.29) is 17.9 Å². The molecule has 0 saturated heterocycles. The SMILES string of the molecule is O=C(Cc1ccccc1Cl)NCCn1nc(C2CC2)ccc1=O. The van der Waals surface area contributed by atoms with Crippen LogP contribution in [0.1, 0.15) is 30.0 Å². The van der Waals surface area contributed by atoms with Crippen molar-refractivity contribution in [3.8, 4) is 0 Å². The third-order valence-electron chi connectivity index (χ3n) is 3.84. The number of amides is 1. The Hall–Kier alpha value is -2.14. The van der Waals surface area contributed by atoms with Gasteiger partial charge < -0.3 is 5.32 Å². The Bertz CT molecular complexity index is 768. The number of carbonyl (C=O) groups is 1. The van der Waals surface area contributed by atoms with Crippen molar-refractivity contribution in [1.82, 2.24) is 15.1 Å². The molecule has 1 heterocycles. The first kappa shape index (κ1) is 15.7. The summed E-state index contributed by atoms with van der Waals surface area (Å²) < 4.78 is 1.42. The van der Waals surface area contributed by atoms with Gasteiger partial charge in [-0.05, 0) is 30.5 Å². The molecule has 1 N–H and O–H groups in total. The lowest BCUT2D eigenvalue weighted by Gasteiger charge is -2.08. The van der Waals surface area contributed by atoms with E-state index in [0.717, 1.165) is 24.1 Å². The highest BCUT2D eigenvalue weighted by Gasteiger charge is 2.25. The monoisotopic (exact) mass is 331 g/mol. The predicted octanol–water partition coefficient (Wildman–Crippen LogP) is 2.13. The molecule has 0 spiro atoms. The van der Waals surface area contributed by atoms with Crippen LogP contribution in [0.2, 0.25) is 5.02 Å². The second kappa shape index (κ2) is 6.96. The normalized spacial score (nSPS) is 13.8. The van der Waals surface area contributed by atoms with Gasteiger partial charge in [0.2, 0.25) is 5.91 Å². The summed E-state index contributed by atoms with van der Waals surface area (Å²) in [4.78, 5) is 23.7. The quantitative estimate of drug-likeness (QED) is 0.882. The lowest BCUT2D eigenvalue weighted by molar-refractivity contribution is -0.120. The molecule has 0 unspecified atom stereocenters. The van der Waals surface area contributed by atoms with E-state index in [9.17, 15) is 9.59 Å². The number of benzene rings is 1. The third kappa shape index (κ3) is 4.20. The summed E-state index contributed by atoms with van der Waals surface area (Å²) in [6.07, 6.45) is 2.50. The standard InChI is InChI=1S/C17H18ClN3O2/c18-14-4-2-1-3-13(14)11-16(22)19-9-10-21-17(23)8-7-15(20-21)12-5-6-12/h1-4,7-8,12H,5-6,9-11H2,(H,19,22). The van der Waals surface area contributed by atoms with Crippen LogP contribution in [-0.2, 0) is 17.8 Å².